The normalized spacial score (nSPS) is 10.1. The maximum atomic E-state index is 10.7. The van der Waals surface area contributed by atoms with Crippen LogP contribution in [0.1, 0.15) is 5.56 Å². The molecule has 0 atom stereocenters. The number of nitro groups is 1. The van der Waals surface area contributed by atoms with E-state index in [1.807, 2.05) is 24.3 Å². The van der Waals surface area contributed by atoms with Crippen LogP contribution in [-0.2, 0) is 6.54 Å². The lowest BCUT2D eigenvalue weighted by molar-refractivity contribution is -0.384. The van der Waals surface area contributed by atoms with E-state index in [9.17, 15) is 10.1 Å². The van der Waals surface area contributed by atoms with Crippen molar-refractivity contribution in [2.24, 2.45) is 0 Å². The predicted molar refractivity (Wildman–Crippen MR) is 78.4 cm³/mol. The first-order chi connectivity index (χ1) is 9.61. The molecular formula is C14H13ClN2O3. The summed E-state index contributed by atoms with van der Waals surface area (Å²) in [7, 11) is 1.61. The fraction of sp³-hybridized carbons (Fsp3) is 0.143. The number of halogens is 1. The first-order valence-electron chi connectivity index (χ1n) is 5.91. The summed E-state index contributed by atoms with van der Waals surface area (Å²) < 4.78 is 5.25. The highest BCUT2D eigenvalue weighted by molar-refractivity contribution is 6.32. The minimum atomic E-state index is -0.508. The molecule has 2 aromatic carbocycles. The molecule has 0 saturated heterocycles. The molecule has 104 valence electrons. The maximum Gasteiger partial charge on any atom is 0.288 e. The molecule has 0 aliphatic heterocycles. The first kappa shape index (κ1) is 14.1. The van der Waals surface area contributed by atoms with Crippen LogP contribution in [0, 0.1) is 10.1 Å². The third-order valence-corrected chi connectivity index (χ3v) is 3.12. The molecular weight excluding hydrogens is 280 g/mol. The van der Waals surface area contributed by atoms with Crippen LogP contribution in [0.4, 0.5) is 11.4 Å². The number of ether oxygens (including phenoxy) is 1. The number of hydrogen-bond acceptors (Lipinski definition) is 4. The van der Waals surface area contributed by atoms with Gasteiger partial charge in [-0.3, -0.25) is 10.1 Å². The summed E-state index contributed by atoms with van der Waals surface area (Å²) in [6, 6.07) is 12.2. The van der Waals surface area contributed by atoms with Crippen LogP contribution in [0.15, 0.2) is 42.5 Å². The minimum absolute atomic E-state index is 0.102. The number of rotatable bonds is 5. The molecule has 0 spiro atoms. The Morgan fingerprint density at radius 3 is 2.70 bits per heavy atom. The standard InChI is InChI=1S/C14H13ClN2O3/c1-20-14-5-3-2-4-10(14)9-16-11-6-7-13(17(18)19)12(15)8-11/h2-8,16H,9H2,1H3. The predicted octanol–water partition coefficient (Wildman–Crippen LogP) is 3.87. The summed E-state index contributed by atoms with van der Waals surface area (Å²) in [6.45, 7) is 0.540. The fourth-order valence-electron chi connectivity index (χ4n) is 1.81. The number of hydrogen-bond donors (Lipinski definition) is 1. The summed E-state index contributed by atoms with van der Waals surface area (Å²) in [5, 5.41) is 13.9. The Bertz CT molecular complexity index is 632. The van der Waals surface area contributed by atoms with E-state index in [1.165, 1.54) is 12.1 Å². The van der Waals surface area contributed by atoms with E-state index in [1.54, 1.807) is 13.2 Å². The second kappa shape index (κ2) is 6.25. The van der Waals surface area contributed by atoms with Gasteiger partial charge in [0, 0.05) is 23.9 Å². The number of benzene rings is 2. The van der Waals surface area contributed by atoms with Crippen LogP contribution in [-0.4, -0.2) is 12.0 Å². The molecule has 0 fully saturated rings. The molecule has 0 saturated carbocycles. The van der Waals surface area contributed by atoms with Crippen molar-refractivity contribution in [3.63, 3.8) is 0 Å². The van der Waals surface area contributed by atoms with Crippen molar-refractivity contribution in [1.29, 1.82) is 0 Å². The van der Waals surface area contributed by atoms with Gasteiger partial charge in [-0.25, -0.2) is 0 Å². The maximum absolute atomic E-state index is 10.7. The molecule has 0 aliphatic carbocycles. The second-order valence-electron chi connectivity index (χ2n) is 4.09. The third-order valence-electron chi connectivity index (χ3n) is 2.82. The lowest BCUT2D eigenvalue weighted by Crippen LogP contribution is -2.01. The minimum Gasteiger partial charge on any atom is -0.496 e. The van der Waals surface area contributed by atoms with Gasteiger partial charge in [0.1, 0.15) is 10.8 Å². The molecule has 2 aromatic rings. The number of nitrogens with zero attached hydrogens (tertiary/aromatic N) is 1. The van der Waals surface area contributed by atoms with E-state index in [2.05, 4.69) is 5.32 Å². The summed E-state index contributed by atoms with van der Waals surface area (Å²) >= 11 is 5.86. The molecule has 2 rings (SSSR count). The molecule has 20 heavy (non-hydrogen) atoms. The number of anilines is 1. The molecule has 0 aliphatic rings. The third kappa shape index (κ3) is 3.19. The first-order valence-corrected chi connectivity index (χ1v) is 6.29. The van der Waals surface area contributed by atoms with E-state index < -0.39 is 4.92 Å². The zero-order chi connectivity index (χ0) is 14.5. The average molecular weight is 293 g/mol. The number of methoxy groups -OCH3 is 1. The Morgan fingerprint density at radius 2 is 2.05 bits per heavy atom. The van der Waals surface area contributed by atoms with Crippen molar-refractivity contribution >= 4 is 23.0 Å². The highest BCUT2D eigenvalue weighted by Crippen LogP contribution is 2.28. The van der Waals surface area contributed by atoms with Crippen molar-refractivity contribution in [2.75, 3.05) is 12.4 Å². The van der Waals surface area contributed by atoms with Gasteiger partial charge >= 0.3 is 0 Å². The summed E-state index contributed by atoms with van der Waals surface area (Å²) in [5.74, 6) is 0.785. The Labute approximate surface area is 121 Å². The van der Waals surface area contributed by atoms with Gasteiger partial charge in [-0.15, -0.1) is 0 Å². The highest BCUT2D eigenvalue weighted by atomic mass is 35.5. The summed E-state index contributed by atoms with van der Waals surface area (Å²) in [4.78, 5) is 10.2. The van der Waals surface area contributed by atoms with Gasteiger partial charge in [0.2, 0.25) is 0 Å². The lowest BCUT2D eigenvalue weighted by Gasteiger charge is -2.10. The molecule has 6 heteroatoms. The molecule has 0 amide bonds. The lowest BCUT2D eigenvalue weighted by atomic mass is 10.2. The van der Waals surface area contributed by atoms with Crippen LogP contribution in [0.5, 0.6) is 5.75 Å². The second-order valence-corrected chi connectivity index (χ2v) is 4.50. The van der Waals surface area contributed by atoms with Crippen LogP contribution < -0.4 is 10.1 Å². The van der Waals surface area contributed by atoms with Crippen LogP contribution >= 0.6 is 11.6 Å². The SMILES string of the molecule is COc1ccccc1CNc1ccc([N+](=O)[O-])c(Cl)c1. The smallest absolute Gasteiger partial charge is 0.288 e. The topological polar surface area (TPSA) is 64.4 Å². The van der Waals surface area contributed by atoms with Crippen LogP contribution in [0.25, 0.3) is 0 Å². The molecule has 0 aromatic heterocycles. The van der Waals surface area contributed by atoms with E-state index in [-0.39, 0.29) is 10.7 Å². The van der Waals surface area contributed by atoms with Crippen molar-refractivity contribution < 1.29 is 9.66 Å². The van der Waals surface area contributed by atoms with Gasteiger partial charge in [0.15, 0.2) is 0 Å². The molecule has 0 bridgehead atoms. The quantitative estimate of drug-likeness (QED) is 0.671. The van der Waals surface area contributed by atoms with E-state index >= 15 is 0 Å². The monoisotopic (exact) mass is 292 g/mol. The zero-order valence-electron chi connectivity index (χ0n) is 10.8. The Morgan fingerprint density at radius 1 is 1.30 bits per heavy atom. The van der Waals surface area contributed by atoms with E-state index in [4.69, 9.17) is 16.3 Å². The van der Waals surface area contributed by atoms with Crippen LogP contribution in [0.3, 0.4) is 0 Å². The zero-order valence-corrected chi connectivity index (χ0v) is 11.6. The number of nitrogens with one attached hydrogen (secondary N) is 1. The Kier molecular flexibility index (Phi) is 4.42. The summed E-state index contributed by atoms with van der Waals surface area (Å²) in [6.07, 6.45) is 0. The van der Waals surface area contributed by atoms with Gasteiger partial charge in [-0.05, 0) is 18.2 Å². The van der Waals surface area contributed by atoms with Crippen molar-refractivity contribution in [3.05, 3.63) is 63.2 Å². The van der Waals surface area contributed by atoms with Gasteiger partial charge < -0.3 is 10.1 Å². The molecule has 0 unspecified atom stereocenters. The Balaban J connectivity index is 2.11. The number of para-hydroxylation sites is 1. The van der Waals surface area contributed by atoms with E-state index in [0.717, 1.165) is 11.3 Å². The number of nitro benzene ring substituents is 1. The van der Waals surface area contributed by atoms with Crippen molar-refractivity contribution in [1.82, 2.24) is 0 Å². The van der Waals surface area contributed by atoms with Crippen molar-refractivity contribution in [3.8, 4) is 5.75 Å². The van der Waals surface area contributed by atoms with Crippen LogP contribution in [0.2, 0.25) is 5.02 Å². The Hall–Kier alpha value is -2.27. The van der Waals surface area contributed by atoms with Gasteiger partial charge in [-0.1, -0.05) is 29.8 Å². The molecule has 5 nitrogen and oxygen atoms in total. The van der Waals surface area contributed by atoms with Gasteiger partial charge in [0.25, 0.3) is 5.69 Å². The van der Waals surface area contributed by atoms with Gasteiger partial charge in [0.05, 0.1) is 12.0 Å². The highest BCUT2D eigenvalue weighted by Gasteiger charge is 2.12. The fourth-order valence-corrected chi connectivity index (χ4v) is 2.06. The molecule has 1 N–H and O–H groups in total. The molecule has 0 heterocycles. The molecule has 0 radical (unpaired) electrons. The van der Waals surface area contributed by atoms with Gasteiger partial charge in [-0.2, -0.15) is 0 Å². The average Bonchev–Trinajstić information content (AvgIpc) is 2.45. The van der Waals surface area contributed by atoms with Crippen molar-refractivity contribution in [2.45, 2.75) is 6.54 Å². The summed E-state index contributed by atoms with van der Waals surface area (Å²) in [5.41, 5.74) is 1.60. The largest absolute Gasteiger partial charge is 0.496 e. The van der Waals surface area contributed by atoms with E-state index in [0.29, 0.717) is 12.2 Å².